The van der Waals surface area contributed by atoms with E-state index < -0.39 is 0 Å². The van der Waals surface area contributed by atoms with Crippen molar-refractivity contribution in [1.82, 2.24) is 0 Å². The van der Waals surface area contributed by atoms with Crippen LogP contribution in [0.5, 0.6) is 0 Å². The molecule has 0 bridgehead atoms. The van der Waals surface area contributed by atoms with Gasteiger partial charge in [-0.1, -0.05) is 52.1 Å². The fraction of sp³-hybridized carbons (Fsp3) is 1.00. The summed E-state index contributed by atoms with van der Waals surface area (Å²) in [6.45, 7) is 6.67. The maximum atomic E-state index is 3.72. The van der Waals surface area contributed by atoms with Crippen molar-refractivity contribution < 1.29 is 0 Å². The lowest BCUT2D eigenvalue weighted by atomic mass is 10.0. The first-order chi connectivity index (χ1) is 4.54. The largest absolute Gasteiger partial charge is 0.0876 e. The van der Waals surface area contributed by atoms with E-state index in [1.807, 2.05) is 0 Å². The molecule has 0 saturated carbocycles. The van der Waals surface area contributed by atoms with Gasteiger partial charge in [-0.3, -0.25) is 0 Å². The molecule has 0 aliphatic rings. The molecule has 0 radical (unpaired) electrons. The lowest BCUT2D eigenvalue weighted by Gasteiger charge is -2.26. The van der Waals surface area contributed by atoms with E-state index in [0.29, 0.717) is 4.83 Å². The molecule has 0 N–H and O–H groups in total. The second-order valence-electron chi connectivity index (χ2n) is 2.90. The Morgan fingerprint density at radius 1 is 1.40 bits per heavy atom. The maximum Gasteiger partial charge on any atom is 0.0354 e. The monoisotopic (exact) mass is 270 g/mol. The van der Waals surface area contributed by atoms with Crippen LogP contribution in [0.25, 0.3) is 0 Å². The van der Waals surface area contributed by atoms with Crippen molar-refractivity contribution in [2.45, 2.75) is 49.2 Å². The van der Waals surface area contributed by atoms with Crippen LogP contribution in [0.2, 0.25) is 0 Å². The fourth-order valence-electron chi connectivity index (χ4n) is 1.07. The zero-order valence-corrected chi connectivity index (χ0v) is 10.1. The van der Waals surface area contributed by atoms with Crippen LogP contribution in [0.15, 0.2) is 0 Å². The minimum absolute atomic E-state index is 0.288. The Bertz CT molecular complexity index is 89.3. The van der Waals surface area contributed by atoms with Crippen LogP contribution >= 0.6 is 31.9 Å². The molecule has 62 valence electrons. The number of hydrogen-bond acceptors (Lipinski definition) is 0. The molecule has 2 atom stereocenters. The average molecular weight is 272 g/mol. The lowest BCUT2D eigenvalue weighted by molar-refractivity contribution is 0.559. The number of hydrogen-bond donors (Lipinski definition) is 0. The molecule has 0 fully saturated rings. The Morgan fingerprint density at radius 3 is 2.20 bits per heavy atom. The van der Waals surface area contributed by atoms with Gasteiger partial charge in [0.2, 0.25) is 0 Å². The molecule has 0 heterocycles. The highest BCUT2D eigenvalue weighted by atomic mass is 79.9. The van der Waals surface area contributed by atoms with Gasteiger partial charge in [0, 0.05) is 9.15 Å². The molecule has 2 unspecified atom stereocenters. The van der Waals surface area contributed by atoms with Crippen molar-refractivity contribution in [2.75, 3.05) is 0 Å². The van der Waals surface area contributed by atoms with Crippen molar-refractivity contribution in [1.29, 1.82) is 0 Å². The van der Waals surface area contributed by atoms with Gasteiger partial charge < -0.3 is 0 Å². The summed E-state index contributed by atoms with van der Waals surface area (Å²) in [7, 11) is 0. The third-order valence-electron chi connectivity index (χ3n) is 1.75. The van der Waals surface area contributed by atoms with Gasteiger partial charge in [0.05, 0.1) is 0 Å². The number of alkyl halides is 2. The van der Waals surface area contributed by atoms with Crippen LogP contribution in [0.4, 0.5) is 0 Å². The highest BCUT2D eigenvalue weighted by Gasteiger charge is 2.26. The van der Waals surface area contributed by atoms with Gasteiger partial charge in [-0.2, -0.15) is 0 Å². The summed E-state index contributed by atoms with van der Waals surface area (Å²) in [4.78, 5) is 0.597. The molecule has 0 spiro atoms. The first kappa shape index (κ1) is 11.0. The van der Waals surface area contributed by atoms with E-state index in [9.17, 15) is 0 Å². The van der Waals surface area contributed by atoms with E-state index >= 15 is 0 Å². The van der Waals surface area contributed by atoms with E-state index in [4.69, 9.17) is 0 Å². The number of rotatable bonds is 4. The molecule has 0 aliphatic heterocycles. The van der Waals surface area contributed by atoms with Gasteiger partial charge in [0.15, 0.2) is 0 Å². The average Bonchev–Trinajstić information content (AvgIpc) is 1.86. The summed E-state index contributed by atoms with van der Waals surface area (Å²) < 4.78 is 0.288. The van der Waals surface area contributed by atoms with E-state index in [0.717, 1.165) is 0 Å². The molecule has 0 nitrogen and oxygen atoms in total. The summed E-state index contributed by atoms with van der Waals surface area (Å²) in [5.74, 6) is 0. The zero-order valence-electron chi connectivity index (χ0n) is 6.95. The van der Waals surface area contributed by atoms with Gasteiger partial charge in [0.25, 0.3) is 0 Å². The first-order valence-corrected chi connectivity index (χ1v) is 5.58. The van der Waals surface area contributed by atoms with E-state index in [2.05, 4.69) is 52.6 Å². The molecular weight excluding hydrogens is 256 g/mol. The molecule has 0 aromatic heterocycles. The van der Waals surface area contributed by atoms with Crippen LogP contribution in [0, 0.1) is 0 Å². The van der Waals surface area contributed by atoms with Crippen molar-refractivity contribution in [3.63, 3.8) is 0 Å². The third kappa shape index (κ3) is 3.38. The Labute approximate surface area is 81.0 Å². The molecule has 0 aromatic rings. The lowest BCUT2D eigenvalue weighted by Crippen LogP contribution is -2.27. The second-order valence-corrected chi connectivity index (χ2v) is 5.82. The summed E-state index contributed by atoms with van der Waals surface area (Å²) >= 11 is 7.37. The topological polar surface area (TPSA) is 0 Å². The van der Waals surface area contributed by atoms with Crippen molar-refractivity contribution in [2.24, 2.45) is 0 Å². The molecular formula is C8H16Br2. The smallest absolute Gasteiger partial charge is 0.0354 e. The Hall–Kier alpha value is 0.960. The first-order valence-electron chi connectivity index (χ1n) is 3.87. The van der Waals surface area contributed by atoms with Crippen molar-refractivity contribution in [3.8, 4) is 0 Å². The van der Waals surface area contributed by atoms with Crippen molar-refractivity contribution >= 4 is 31.9 Å². The summed E-state index contributed by atoms with van der Waals surface area (Å²) in [5.41, 5.74) is 0. The Morgan fingerprint density at radius 2 is 1.90 bits per heavy atom. The van der Waals surface area contributed by atoms with Gasteiger partial charge in [0.1, 0.15) is 0 Å². The molecule has 0 aliphatic carbocycles. The van der Waals surface area contributed by atoms with Crippen LogP contribution in [-0.4, -0.2) is 9.15 Å². The SMILES string of the molecule is CCCC(C)(Br)C(Br)CC. The predicted molar refractivity (Wildman–Crippen MR) is 55.2 cm³/mol. The highest BCUT2D eigenvalue weighted by molar-refractivity contribution is 9.12. The Balaban J connectivity index is 3.82. The molecule has 0 saturated heterocycles. The summed E-state index contributed by atoms with van der Waals surface area (Å²) in [5, 5.41) is 0. The Kier molecular flexibility index (Phi) is 5.22. The highest BCUT2D eigenvalue weighted by Crippen LogP contribution is 2.33. The molecule has 2 heteroatoms. The van der Waals surface area contributed by atoms with E-state index in [-0.39, 0.29) is 4.32 Å². The van der Waals surface area contributed by atoms with Crippen LogP contribution in [0.1, 0.15) is 40.0 Å². The van der Waals surface area contributed by atoms with E-state index in [1.54, 1.807) is 0 Å². The van der Waals surface area contributed by atoms with Crippen LogP contribution < -0.4 is 0 Å². The minimum Gasteiger partial charge on any atom is -0.0876 e. The van der Waals surface area contributed by atoms with Gasteiger partial charge in [-0.15, -0.1) is 0 Å². The predicted octanol–water partition coefficient (Wildman–Crippen LogP) is 4.11. The molecule has 10 heavy (non-hydrogen) atoms. The standard InChI is InChI=1S/C8H16Br2/c1-4-6-8(3,10)7(9)5-2/h7H,4-6H2,1-3H3. The van der Waals surface area contributed by atoms with Crippen LogP contribution in [-0.2, 0) is 0 Å². The fourth-order valence-corrected chi connectivity index (χ4v) is 2.02. The quantitative estimate of drug-likeness (QED) is 0.675. The van der Waals surface area contributed by atoms with Crippen molar-refractivity contribution in [3.05, 3.63) is 0 Å². The molecule has 0 aromatic carbocycles. The minimum atomic E-state index is 0.288. The third-order valence-corrected chi connectivity index (χ3v) is 4.97. The second kappa shape index (κ2) is 4.76. The normalized spacial score (nSPS) is 20.1. The zero-order chi connectivity index (χ0) is 8.20. The number of halogens is 2. The summed E-state index contributed by atoms with van der Waals surface area (Å²) in [6, 6.07) is 0. The molecule has 0 rings (SSSR count). The summed E-state index contributed by atoms with van der Waals surface area (Å²) in [6.07, 6.45) is 3.66. The van der Waals surface area contributed by atoms with Gasteiger partial charge in [-0.05, 0) is 19.8 Å². The van der Waals surface area contributed by atoms with Gasteiger partial charge >= 0.3 is 0 Å². The van der Waals surface area contributed by atoms with Crippen LogP contribution in [0.3, 0.4) is 0 Å². The van der Waals surface area contributed by atoms with Gasteiger partial charge in [-0.25, -0.2) is 0 Å². The maximum absolute atomic E-state index is 3.72. The molecule has 0 amide bonds. The van der Waals surface area contributed by atoms with E-state index in [1.165, 1.54) is 19.3 Å².